The first-order valence-electron chi connectivity index (χ1n) is 8.26. The Bertz CT molecular complexity index is 839. The summed E-state index contributed by atoms with van der Waals surface area (Å²) in [6.07, 6.45) is 1.18. The first-order valence-corrected chi connectivity index (χ1v) is 8.26. The molecule has 2 aromatic carbocycles. The van der Waals surface area contributed by atoms with Crippen molar-refractivity contribution in [1.82, 2.24) is 10.1 Å². The van der Waals surface area contributed by atoms with Crippen LogP contribution in [-0.2, 0) is 0 Å². The van der Waals surface area contributed by atoms with Crippen molar-refractivity contribution in [2.45, 2.75) is 40.2 Å². The van der Waals surface area contributed by atoms with Gasteiger partial charge in [-0.1, -0.05) is 30.3 Å². The molecule has 0 spiro atoms. The molecule has 24 heavy (non-hydrogen) atoms. The normalized spacial score (nSPS) is 12.2. The van der Waals surface area contributed by atoms with Crippen LogP contribution in [0.25, 0.3) is 22.8 Å². The standard InChI is InChI=1S/C20H22N2O2/c1-5-15(4)23-18-11-10-16(12-14(18)3)19-21-20(24-22-19)17-9-7-6-8-13(17)2/h6-12,15H,5H2,1-4H3. The Hall–Kier alpha value is -2.62. The van der Waals surface area contributed by atoms with E-state index in [1.54, 1.807) is 0 Å². The lowest BCUT2D eigenvalue weighted by Gasteiger charge is -2.14. The van der Waals surface area contributed by atoms with Gasteiger partial charge in [-0.3, -0.25) is 0 Å². The molecule has 1 unspecified atom stereocenters. The molecule has 0 amide bonds. The van der Waals surface area contributed by atoms with Gasteiger partial charge < -0.3 is 9.26 Å². The fourth-order valence-corrected chi connectivity index (χ4v) is 2.48. The maximum absolute atomic E-state index is 5.91. The zero-order chi connectivity index (χ0) is 17.1. The molecule has 0 aliphatic rings. The van der Waals surface area contributed by atoms with Crippen molar-refractivity contribution < 1.29 is 9.26 Å². The number of aromatic nitrogens is 2. The van der Waals surface area contributed by atoms with Crippen LogP contribution in [0.5, 0.6) is 5.75 Å². The summed E-state index contributed by atoms with van der Waals surface area (Å²) in [6.45, 7) is 8.25. The largest absolute Gasteiger partial charge is 0.490 e. The van der Waals surface area contributed by atoms with Crippen molar-refractivity contribution in [3.8, 4) is 28.6 Å². The summed E-state index contributed by atoms with van der Waals surface area (Å²) in [6, 6.07) is 14.0. The SMILES string of the molecule is CCC(C)Oc1ccc(-c2noc(-c3ccccc3C)n2)cc1C. The minimum Gasteiger partial charge on any atom is -0.490 e. The molecule has 4 nitrogen and oxygen atoms in total. The fraction of sp³-hybridized carbons (Fsp3) is 0.300. The summed E-state index contributed by atoms with van der Waals surface area (Å²) in [5, 5.41) is 4.12. The highest BCUT2D eigenvalue weighted by molar-refractivity contribution is 5.63. The summed E-state index contributed by atoms with van der Waals surface area (Å²) in [5.74, 6) is 2.03. The number of ether oxygens (including phenoxy) is 1. The van der Waals surface area contributed by atoms with Gasteiger partial charge in [-0.25, -0.2) is 0 Å². The third kappa shape index (κ3) is 3.32. The molecule has 1 aromatic heterocycles. The van der Waals surface area contributed by atoms with Crippen LogP contribution in [0.2, 0.25) is 0 Å². The van der Waals surface area contributed by atoms with Crippen LogP contribution in [0.4, 0.5) is 0 Å². The molecule has 3 rings (SSSR count). The lowest BCUT2D eigenvalue weighted by molar-refractivity contribution is 0.216. The first-order chi connectivity index (χ1) is 11.6. The van der Waals surface area contributed by atoms with Gasteiger partial charge in [-0.2, -0.15) is 4.98 Å². The van der Waals surface area contributed by atoms with Gasteiger partial charge in [0.05, 0.1) is 6.10 Å². The number of aryl methyl sites for hydroxylation is 2. The van der Waals surface area contributed by atoms with Crippen molar-refractivity contribution in [3.63, 3.8) is 0 Å². The average Bonchev–Trinajstić information content (AvgIpc) is 3.06. The van der Waals surface area contributed by atoms with Crippen molar-refractivity contribution >= 4 is 0 Å². The number of hydrogen-bond donors (Lipinski definition) is 0. The number of rotatable bonds is 5. The van der Waals surface area contributed by atoms with Crippen molar-refractivity contribution in [1.29, 1.82) is 0 Å². The summed E-state index contributed by atoms with van der Waals surface area (Å²) >= 11 is 0. The number of benzene rings is 2. The predicted molar refractivity (Wildman–Crippen MR) is 95.0 cm³/mol. The Morgan fingerprint density at radius 1 is 1.08 bits per heavy atom. The molecule has 1 atom stereocenters. The first kappa shape index (κ1) is 16.2. The lowest BCUT2D eigenvalue weighted by Crippen LogP contribution is -2.10. The summed E-state index contributed by atoms with van der Waals surface area (Å²) < 4.78 is 11.4. The molecule has 0 N–H and O–H groups in total. The molecule has 0 saturated carbocycles. The number of nitrogens with zero attached hydrogens (tertiary/aromatic N) is 2. The molecule has 124 valence electrons. The van der Waals surface area contributed by atoms with Crippen LogP contribution in [0.3, 0.4) is 0 Å². The van der Waals surface area contributed by atoms with E-state index in [1.807, 2.05) is 56.3 Å². The van der Waals surface area contributed by atoms with Crippen LogP contribution in [0.15, 0.2) is 47.0 Å². The van der Waals surface area contributed by atoms with Gasteiger partial charge in [0.1, 0.15) is 5.75 Å². The second kappa shape index (κ2) is 6.87. The summed E-state index contributed by atoms with van der Waals surface area (Å²) in [7, 11) is 0. The van der Waals surface area contributed by atoms with E-state index in [0.29, 0.717) is 11.7 Å². The van der Waals surface area contributed by atoms with E-state index < -0.39 is 0 Å². The van der Waals surface area contributed by atoms with E-state index >= 15 is 0 Å². The summed E-state index contributed by atoms with van der Waals surface area (Å²) in [5.41, 5.74) is 4.06. The highest BCUT2D eigenvalue weighted by Crippen LogP contribution is 2.28. The second-order valence-corrected chi connectivity index (χ2v) is 6.06. The minimum atomic E-state index is 0.201. The average molecular weight is 322 g/mol. The van der Waals surface area contributed by atoms with Crippen molar-refractivity contribution in [3.05, 3.63) is 53.6 Å². The molecule has 0 radical (unpaired) electrons. The van der Waals surface area contributed by atoms with E-state index in [9.17, 15) is 0 Å². The molecule has 4 heteroatoms. The molecule has 1 heterocycles. The molecular weight excluding hydrogens is 300 g/mol. The van der Waals surface area contributed by atoms with Gasteiger partial charge in [0, 0.05) is 11.1 Å². The van der Waals surface area contributed by atoms with E-state index in [1.165, 1.54) is 0 Å². The van der Waals surface area contributed by atoms with Gasteiger partial charge in [0.15, 0.2) is 0 Å². The Balaban J connectivity index is 1.88. The third-order valence-electron chi connectivity index (χ3n) is 4.14. The van der Waals surface area contributed by atoms with Crippen LogP contribution in [0, 0.1) is 13.8 Å². The Morgan fingerprint density at radius 3 is 2.58 bits per heavy atom. The molecular formula is C20H22N2O2. The summed E-state index contributed by atoms with van der Waals surface area (Å²) in [4.78, 5) is 4.54. The highest BCUT2D eigenvalue weighted by Gasteiger charge is 2.13. The van der Waals surface area contributed by atoms with Crippen molar-refractivity contribution in [2.75, 3.05) is 0 Å². The molecule has 0 aliphatic carbocycles. The van der Waals surface area contributed by atoms with E-state index in [2.05, 4.69) is 24.0 Å². The van der Waals surface area contributed by atoms with Gasteiger partial charge in [0.25, 0.3) is 5.89 Å². The van der Waals surface area contributed by atoms with Gasteiger partial charge >= 0.3 is 0 Å². The molecule has 3 aromatic rings. The molecule has 0 aliphatic heterocycles. The van der Waals surface area contributed by atoms with Crippen molar-refractivity contribution in [2.24, 2.45) is 0 Å². The van der Waals surface area contributed by atoms with Crippen LogP contribution in [0.1, 0.15) is 31.4 Å². The minimum absolute atomic E-state index is 0.201. The van der Waals surface area contributed by atoms with Gasteiger partial charge in [-0.05, 0) is 62.6 Å². The van der Waals surface area contributed by atoms with Crippen LogP contribution >= 0.6 is 0 Å². The van der Waals surface area contributed by atoms with Gasteiger partial charge in [0.2, 0.25) is 5.82 Å². The molecule has 0 saturated heterocycles. The van der Waals surface area contributed by atoms with E-state index in [4.69, 9.17) is 9.26 Å². The maximum atomic E-state index is 5.91. The van der Waals surface area contributed by atoms with E-state index in [0.717, 1.165) is 34.4 Å². The van der Waals surface area contributed by atoms with Gasteiger partial charge in [-0.15, -0.1) is 0 Å². The smallest absolute Gasteiger partial charge is 0.258 e. The quantitative estimate of drug-likeness (QED) is 0.648. The lowest BCUT2D eigenvalue weighted by atomic mass is 10.1. The Labute approximate surface area is 142 Å². The fourth-order valence-electron chi connectivity index (χ4n) is 2.48. The van der Waals surface area contributed by atoms with E-state index in [-0.39, 0.29) is 6.10 Å². The monoisotopic (exact) mass is 322 g/mol. The maximum Gasteiger partial charge on any atom is 0.258 e. The Kier molecular flexibility index (Phi) is 4.65. The van der Waals surface area contributed by atoms with Crippen LogP contribution in [-0.4, -0.2) is 16.2 Å². The molecule has 0 fully saturated rings. The third-order valence-corrected chi connectivity index (χ3v) is 4.14. The Morgan fingerprint density at radius 2 is 1.88 bits per heavy atom. The zero-order valence-corrected chi connectivity index (χ0v) is 14.5. The molecule has 0 bridgehead atoms. The number of hydrogen-bond acceptors (Lipinski definition) is 4. The second-order valence-electron chi connectivity index (χ2n) is 6.06. The highest BCUT2D eigenvalue weighted by atomic mass is 16.5. The topological polar surface area (TPSA) is 48.2 Å². The zero-order valence-electron chi connectivity index (χ0n) is 14.5. The predicted octanol–water partition coefficient (Wildman–Crippen LogP) is 5.20. The van der Waals surface area contributed by atoms with Crippen LogP contribution < -0.4 is 4.74 Å².